The average molecular weight is 422 g/mol. The average Bonchev–Trinajstić information content (AvgIpc) is 2.94. The Balaban J connectivity index is 1.61. The van der Waals surface area contributed by atoms with Gasteiger partial charge in [-0.3, -0.25) is 9.78 Å². The van der Waals surface area contributed by atoms with E-state index >= 15 is 0 Å². The number of anilines is 1. The molecule has 1 saturated heterocycles. The predicted octanol–water partition coefficient (Wildman–Crippen LogP) is 0.844. The van der Waals surface area contributed by atoms with Crippen molar-refractivity contribution in [3.05, 3.63) is 51.2 Å². The molecule has 10 heteroatoms. The molecule has 2 aliphatic heterocycles. The molecule has 0 amide bonds. The van der Waals surface area contributed by atoms with Crippen LogP contribution >= 0.6 is 0 Å². The van der Waals surface area contributed by atoms with Crippen LogP contribution in [0.3, 0.4) is 0 Å². The van der Waals surface area contributed by atoms with Crippen molar-refractivity contribution in [2.24, 2.45) is 0 Å². The molecule has 1 N–H and O–H groups in total. The number of nitrogens with one attached hydrogen (secondary N) is 1. The second-order valence-electron chi connectivity index (χ2n) is 7.23. The van der Waals surface area contributed by atoms with Gasteiger partial charge in [0, 0.05) is 38.2 Å². The van der Waals surface area contributed by atoms with Crippen LogP contribution in [-0.4, -0.2) is 62.1 Å². The Bertz CT molecular complexity index is 1080. The summed E-state index contributed by atoms with van der Waals surface area (Å²) in [6.45, 7) is 4.39. The molecule has 0 atom stereocenters. The van der Waals surface area contributed by atoms with E-state index in [-0.39, 0.29) is 30.0 Å². The van der Waals surface area contributed by atoms with Crippen molar-refractivity contribution in [1.29, 1.82) is 0 Å². The lowest BCUT2D eigenvalue weighted by Crippen LogP contribution is -2.38. The van der Waals surface area contributed by atoms with Gasteiger partial charge in [0.15, 0.2) is 0 Å². The number of aromatic amines is 1. The monoisotopic (exact) mass is 422 g/mol. The number of fused-ring (bicyclic) bond motifs is 1. The van der Waals surface area contributed by atoms with Gasteiger partial charge in [0.05, 0.1) is 23.8 Å². The third-order valence-electron chi connectivity index (χ3n) is 5.38. The number of H-pyrrole nitrogens is 1. The lowest BCUT2D eigenvalue weighted by Gasteiger charge is -2.27. The molecule has 1 fully saturated rings. The second-order valence-corrected chi connectivity index (χ2v) is 9.13. The molecule has 1 aromatic carbocycles. The zero-order valence-corrected chi connectivity index (χ0v) is 17.0. The van der Waals surface area contributed by atoms with Gasteiger partial charge in [-0.25, -0.2) is 17.8 Å². The maximum atomic E-state index is 13.7. The summed E-state index contributed by atoms with van der Waals surface area (Å²) in [5, 5.41) is 0. The van der Waals surface area contributed by atoms with Crippen LogP contribution in [0.2, 0.25) is 0 Å². The zero-order chi connectivity index (χ0) is 20.6. The van der Waals surface area contributed by atoms with Gasteiger partial charge in [0.25, 0.3) is 5.56 Å². The van der Waals surface area contributed by atoms with E-state index in [2.05, 4.69) is 9.97 Å². The molecule has 0 unspecified atom stereocenters. The number of rotatable bonds is 3. The smallest absolute Gasteiger partial charge is 0.255 e. The Labute approximate surface area is 168 Å². The van der Waals surface area contributed by atoms with Crippen LogP contribution in [0, 0.1) is 12.7 Å². The summed E-state index contributed by atoms with van der Waals surface area (Å²) >= 11 is 0. The minimum atomic E-state index is -3.87. The zero-order valence-electron chi connectivity index (χ0n) is 16.1. The molecule has 156 valence electrons. The van der Waals surface area contributed by atoms with E-state index in [1.54, 1.807) is 6.92 Å². The molecule has 0 saturated carbocycles. The Hall–Kier alpha value is -2.30. The lowest BCUT2D eigenvalue weighted by atomic mass is 10.1. The lowest BCUT2D eigenvalue weighted by molar-refractivity contribution is 0.122. The first kappa shape index (κ1) is 20.0. The molecule has 2 aliphatic rings. The fourth-order valence-corrected chi connectivity index (χ4v) is 5.41. The number of aromatic nitrogens is 2. The van der Waals surface area contributed by atoms with Crippen molar-refractivity contribution < 1.29 is 17.5 Å². The number of nitrogens with zero attached hydrogens (tertiary/aromatic N) is 3. The van der Waals surface area contributed by atoms with Crippen LogP contribution in [0.5, 0.6) is 0 Å². The Morgan fingerprint density at radius 2 is 1.86 bits per heavy atom. The van der Waals surface area contributed by atoms with Crippen LogP contribution < -0.4 is 10.5 Å². The van der Waals surface area contributed by atoms with Gasteiger partial charge in [-0.2, -0.15) is 4.31 Å². The highest BCUT2D eigenvalue weighted by Crippen LogP contribution is 2.24. The Morgan fingerprint density at radius 3 is 2.62 bits per heavy atom. The van der Waals surface area contributed by atoms with Crippen LogP contribution in [0.15, 0.2) is 27.9 Å². The standard InChI is InChI=1S/C19H23FN4O4S/c1-13-2-3-14(20)12-17(13)29(26,27)24-6-4-15-16(5-7-24)21-19(22-18(15)25)23-8-10-28-11-9-23/h2-3,12H,4-11H2,1H3,(H,21,22,25). The largest absolute Gasteiger partial charge is 0.378 e. The molecule has 0 radical (unpaired) electrons. The minimum absolute atomic E-state index is 0.0423. The van der Waals surface area contributed by atoms with Crippen LogP contribution in [0.1, 0.15) is 16.8 Å². The molecule has 29 heavy (non-hydrogen) atoms. The van der Waals surface area contributed by atoms with Crippen molar-refractivity contribution in [1.82, 2.24) is 14.3 Å². The first-order valence-electron chi connectivity index (χ1n) is 9.57. The number of morpholine rings is 1. The number of hydrogen-bond donors (Lipinski definition) is 1. The fraction of sp³-hybridized carbons (Fsp3) is 0.474. The van der Waals surface area contributed by atoms with Crippen molar-refractivity contribution in [3.8, 4) is 0 Å². The van der Waals surface area contributed by atoms with Gasteiger partial charge >= 0.3 is 0 Å². The maximum absolute atomic E-state index is 13.7. The SMILES string of the molecule is Cc1ccc(F)cc1S(=O)(=O)N1CCc2nc(N3CCOCC3)[nH]c(=O)c2CC1. The van der Waals surface area contributed by atoms with Crippen molar-refractivity contribution in [2.45, 2.75) is 24.7 Å². The summed E-state index contributed by atoms with van der Waals surface area (Å²) in [4.78, 5) is 22.0. The van der Waals surface area contributed by atoms with E-state index in [1.165, 1.54) is 16.4 Å². The molecule has 1 aromatic heterocycles. The van der Waals surface area contributed by atoms with Crippen molar-refractivity contribution in [2.75, 3.05) is 44.3 Å². The van der Waals surface area contributed by atoms with Gasteiger partial charge < -0.3 is 9.64 Å². The van der Waals surface area contributed by atoms with E-state index < -0.39 is 15.8 Å². The van der Waals surface area contributed by atoms with E-state index in [9.17, 15) is 17.6 Å². The molecule has 0 spiro atoms. The van der Waals surface area contributed by atoms with E-state index in [0.717, 1.165) is 6.07 Å². The molecule has 4 rings (SSSR count). The molecular weight excluding hydrogens is 399 g/mol. The summed E-state index contributed by atoms with van der Waals surface area (Å²) in [6.07, 6.45) is 0.582. The minimum Gasteiger partial charge on any atom is -0.378 e. The third-order valence-corrected chi connectivity index (χ3v) is 7.42. The number of hydrogen-bond acceptors (Lipinski definition) is 6. The van der Waals surface area contributed by atoms with E-state index in [0.29, 0.717) is 55.5 Å². The highest BCUT2D eigenvalue weighted by Gasteiger charge is 2.30. The quantitative estimate of drug-likeness (QED) is 0.788. The number of halogens is 1. The topological polar surface area (TPSA) is 95.6 Å². The highest BCUT2D eigenvalue weighted by atomic mass is 32.2. The first-order chi connectivity index (χ1) is 13.9. The number of ether oxygens (including phenoxy) is 1. The van der Waals surface area contributed by atoms with Crippen LogP contribution in [0.4, 0.5) is 10.3 Å². The molecular formula is C19H23FN4O4S. The summed E-state index contributed by atoms with van der Waals surface area (Å²) in [7, 11) is -3.87. The van der Waals surface area contributed by atoms with Gasteiger partial charge in [0.1, 0.15) is 5.82 Å². The number of sulfonamides is 1. The molecule has 8 nitrogen and oxygen atoms in total. The Morgan fingerprint density at radius 1 is 1.14 bits per heavy atom. The van der Waals surface area contributed by atoms with Crippen molar-refractivity contribution >= 4 is 16.0 Å². The summed E-state index contributed by atoms with van der Waals surface area (Å²) in [6, 6.07) is 3.74. The van der Waals surface area contributed by atoms with Gasteiger partial charge in [0.2, 0.25) is 16.0 Å². The third kappa shape index (κ3) is 3.92. The predicted molar refractivity (Wildman–Crippen MR) is 105 cm³/mol. The summed E-state index contributed by atoms with van der Waals surface area (Å²) < 4.78 is 46.5. The number of aryl methyl sites for hydroxylation is 1. The Kier molecular flexibility index (Phi) is 5.41. The molecule has 0 aliphatic carbocycles. The van der Waals surface area contributed by atoms with E-state index in [1.807, 2.05) is 4.90 Å². The van der Waals surface area contributed by atoms with E-state index in [4.69, 9.17) is 4.74 Å². The maximum Gasteiger partial charge on any atom is 0.255 e. The molecule has 3 heterocycles. The fourth-order valence-electron chi connectivity index (χ4n) is 3.73. The van der Waals surface area contributed by atoms with Gasteiger partial charge in [-0.05, 0) is 31.0 Å². The van der Waals surface area contributed by atoms with Crippen LogP contribution in [-0.2, 0) is 27.6 Å². The molecule has 0 bridgehead atoms. The highest BCUT2D eigenvalue weighted by molar-refractivity contribution is 7.89. The van der Waals surface area contributed by atoms with Gasteiger partial charge in [-0.1, -0.05) is 6.07 Å². The summed E-state index contributed by atoms with van der Waals surface area (Å²) in [5.74, 6) is -0.102. The van der Waals surface area contributed by atoms with Crippen molar-refractivity contribution in [3.63, 3.8) is 0 Å². The number of benzene rings is 1. The van der Waals surface area contributed by atoms with Gasteiger partial charge in [-0.15, -0.1) is 0 Å². The normalized spacial score (nSPS) is 18.3. The first-order valence-corrected chi connectivity index (χ1v) is 11.0. The van der Waals surface area contributed by atoms with Crippen LogP contribution in [0.25, 0.3) is 0 Å². The molecule has 2 aromatic rings. The summed E-state index contributed by atoms with van der Waals surface area (Å²) in [5.41, 5.74) is 1.37. The second kappa shape index (κ2) is 7.85.